The van der Waals surface area contributed by atoms with Crippen molar-refractivity contribution >= 4 is 13.6 Å². The third-order valence-corrected chi connectivity index (χ3v) is 0. The molecular weight excluding hydrogens is 310 g/mol. The van der Waals surface area contributed by atoms with Gasteiger partial charge in [0.25, 0.3) is 0 Å². The van der Waals surface area contributed by atoms with E-state index in [1.165, 1.54) is 0 Å². The van der Waals surface area contributed by atoms with Crippen molar-refractivity contribution in [3.63, 3.8) is 0 Å². The van der Waals surface area contributed by atoms with Gasteiger partial charge in [0.15, 0.2) is 0 Å². The molecule has 0 saturated carbocycles. The van der Waals surface area contributed by atoms with Crippen LogP contribution < -0.4 is 0 Å². The molecule has 9 heavy (non-hydrogen) atoms. The monoisotopic (exact) mass is 314 g/mol. The normalized spacial score (nSPS) is 0.889. The van der Waals surface area contributed by atoms with Crippen LogP contribution in [0.1, 0.15) is 0 Å². The summed E-state index contributed by atoms with van der Waals surface area (Å²) in [7, 11) is 0. The molecule has 0 aromatic rings. The Balaban J connectivity index is -0.00000000114. The summed E-state index contributed by atoms with van der Waals surface area (Å²) >= 11 is 0. The fourth-order valence-corrected chi connectivity index (χ4v) is 0. The third-order valence-electron chi connectivity index (χ3n) is 0. The Morgan fingerprint density at radius 3 is 0.556 bits per heavy atom. The molecule has 0 radical (unpaired) electrons. The maximum atomic E-state index is 8.00. The van der Waals surface area contributed by atoms with E-state index in [1.807, 2.05) is 13.6 Å². The second kappa shape index (κ2) is 2170. The Labute approximate surface area is 78.6 Å². The predicted octanol–water partition coefficient (Wildman–Crippen LogP) is -0.731. The smallest absolute Gasteiger partial charge is 2.00 e. The predicted molar refractivity (Wildman–Crippen MR) is 16.3 cm³/mol. The summed E-state index contributed by atoms with van der Waals surface area (Å²) < 4.78 is 0. The molecule has 0 atom stereocenters. The number of hydrogen-bond donors (Lipinski definition) is 0. The molecular formula is C2H4O5Rh2. The molecule has 60 valence electrons. The zero-order chi connectivity index (χ0) is 4.00. The van der Waals surface area contributed by atoms with Crippen molar-refractivity contribution in [1.82, 2.24) is 0 Å². The average molecular weight is 314 g/mol. The molecule has 0 fully saturated rings. The van der Waals surface area contributed by atoms with Crippen LogP contribution >= 0.6 is 0 Å². The Bertz CT molecular complexity index is 14.9. The first-order valence-corrected chi connectivity index (χ1v) is 0.577. The van der Waals surface area contributed by atoms with Gasteiger partial charge in [-0.15, -0.1) is 0 Å². The van der Waals surface area contributed by atoms with Crippen LogP contribution in [0.2, 0.25) is 0 Å². The van der Waals surface area contributed by atoms with E-state index in [1.54, 1.807) is 0 Å². The largest absolute Gasteiger partial charge is 3.00 e. The van der Waals surface area contributed by atoms with E-state index >= 15 is 0 Å². The topological polar surface area (TPSA) is 120 Å². The molecule has 0 amide bonds. The molecule has 7 heteroatoms. The fourth-order valence-electron chi connectivity index (χ4n) is 0. The summed E-state index contributed by atoms with van der Waals surface area (Å²) in [6.45, 7) is 4.00. The molecule has 0 rings (SSSR count). The van der Waals surface area contributed by atoms with Crippen molar-refractivity contribution in [2.75, 3.05) is 0 Å². The molecule has 0 aliphatic heterocycles. The van der Waals surface area contributed by atoms with E-state index in [0.29, 0.717) is 0 Å². The Morgan fingerprint density at radius 1 is 0.556 bits per heavy atom. The maximum Gasteiger partial charge on any atom is 3.00 e. The molecule has 0 aliphatic rings. The van der Waals surface area contributed by atoms with Crippen molar-refractivity contribution in [3.8, 4) is 0 Å². The van der Waals surface area contributed by atoms with E-state index < -0.39 is 0 Å². The molecule has 0 spiro atoms. The fraction of sp³-hybridized carbons (Fsp3) is 0. The summed E-state index contributed by atoms with van der Waals surface area (Å²) in [4.78, 5) is 16.0. The summed E-state index contributed by atoms with van der Waals surface area (Å²) in [5, 5.41) is 0. The van der Waals surface area contributed by atoms with E-state index in [-0.39, 0.29) is 55.4 Å². The standard InChI is InChI=1S/2CH2O.3O.2Rh/c2*1-2;;;;;/h2*1H2;;;;;/q;;3*-2;2*+3. The number of carbonyl (C=O) groups excluding carboxylic acids is 2. The van der Waals surface area contributed by atoms with Crippen LogP contribution in [0.15, 0.2) is 0 Å². The van der Waals surface area contributed by atoms with Gasteiger partial charge in [0.1, 0.15) is 13.6 Å². The van der Waals surface area contributed by atoms with Gasteiger partial charge in [-0.3, -0.25) is 0 Å². The first-order chi connectivity index (χ1) is 2.00. The van der Waals surface area contributed by atoms with E-state index in [2.05, 4.69) is 0 Å². The minimum Gasteiger partial charge on any atom is -2.00 e. The third kappa shape index (κ3) is 1630. The zero-order valence-electron chi connectivity index (χ0n) is 4.12. The second-order valence-electron chi connectivity index (χ2n) is 0. The molecule has 0 aromatic heterocycles. The quantitative estimate of drug-likeness (QED) is 0.548. The first-order valence-electron chi connectivity index (χ1n) is 0.577. The van der Waals surface area contributed by atoms with Crippen LogP contribution in [0.5, 0.6) is 0 Å². The average Bonchev–Trinajstić information content (AvgIpc) is 1.50. The van der Waals surface area contributed by atoms with E-state index in [0.717, 1.165) is 0 Å². The molecule has 0 bridgehead atoms. The first kappa shape index (κ1) is 112. The molecule has 0 aliphatic carbocycles. The van der Waals surface area contributed by atoms with Crippen LogP contribution in [0.4, 0.5) is 0 Å². The van der Waals surface area contributed by atoms with Crippen molar-refractivity contribution in [2.45, 2.75) is 0 Å². The summed E-state index contributed by atoms with van der Waals surface area (Å²) in [5.41, 5.74) is 0. The van der Waals surface area contributed by atoms with Crippen LogP contribution in [-0.2, 0) is 65.0 Å². The molecule has 0 N–H and O–H groups in total. The van der Waals surface area contributed by atoms with Crippen LogP contribution in [0, 0.1) is 0 Å². The number of rotatable bonds is 0. The maximum absolute atomic E-state index is 8.00. The molecule has 5 nitrogen and oxygen atoms in total. The summed E-state index contributed by atoms with van der Waals surface area (Å²) in [6.07, 6.45) is 0. The van der Waals surface area contributed by atoms with Gasteiger partial charge < -0.3 is 26.0 Å². The van der Waals surface area contributed by atoms with Crippen LogP contribution in [-0.4, -0.2) is 13.6 Å². The van der Waals surface area contributed by atoms with Gasteiger partial charge in [0.2, 0.25) is 0 Å². The van der Waals surface area contributed by atoms with Crippen molar-refractivity contribution in [3.05, 3.63) is 0 Å². The Kier molecular flexibility index (Phi) is 26900. The van der Waals surface area contributed by atoms with E-state index in [9.17, 15) is 0 Å². The summed E-state index contributed by atoms with van der Waals surface area (Å²) in [5.74, 6) is 0. The summed E-state index contributed by atoms with van der Waals surface area (Å²) in [6, 6.07) is 0. The second-order valence-corrected chi connectivity index (χ2v) is 0. The van der Waals surface area contributed by atoms with Crippen molar-refractivity contribution in [2.24, 2.45) is 0 Å². The van der Waals surface area contributed by atoms with Crippen LogP contribution in [0.3, 0.4) is 0 Å². The van der Waals surface area contributed by atoms with Crippen LogP contribution in [0.25, 0.3) is 0 Å². The van der Waals surface area contributed by atoms with Gasteiger partial charge in [-0.25, -0.2) is 0 Å². The van der Waals surface area contributed by atoms with Crippen molar-refractivity contribution in [1.29, 1.82) is 0 Å². The Morgan fingerprint density at radius 2 is 0.556 bits per heavy atom. The van der Waals surface area contributed by atoms with Gasteiger partial charge >= 0.3 is 39.0 Å². The van der Waals surface area contributed by atoms with Gasteiger partial charge in [-0.2, -0.15) is 0 Å². The minimum absolute atomic E-state index is 0. The van der Waals surface area contributed by atoms with Crippen molar-refractivity contribution < 1.29 is 65.0 Å². The van der Waals surface area contributed by atoms with Gasteiger partial charge in [0, 0.05) is 0 Å². The SMILES string of the molecule is C=O.C=O.[O-2].[O-2].[O-2].[Rh+3].[Rh+3]. The number of carbonyl (C=O) groups is 2. The molecule has 0 saturated heterocycles. The number of hydrogen-bond acceptors (Lipinski definition) is 2. The molecule has 0 unspecified atom stereocenters. The Hall–Kier alpha value is 0.467. The molecule has 0 heterocycles. The zero-order valence-corrected chi connectivity index (χ0v) is 7.40. The molecule has 0 aromatic carbocycles. The van der Waals surface area contributed by atoms with Gasteiger partial charge in [0.05, 0.1) is 0 Å². The van der Waals surface area contributed by atoms with E-state index in [4.69, 9.17) is 9.59 Å². The van der Waals surface area contributed by atoms with Gasteiger partial charge in [-0.1, -0.05) is 0 Å². The minimum atomic E-state index is 0. The van der Waals surface area contributed by atoms with Gasteiger partial charge in [-0.05, 0) is 0 Å².